The Morgan fingerprint density at radius 3 is 2.48 bits per heavy atom. The van der Waals surface area contributed by atoms with Crippen LogP contribution in [0.15, 0.2) is 30.3 Å². The average molecular weight is 317 g/mol. The summed E-state index contributed by atoms with van der Waals surface area (Å²) < 4.78 is 0. The van der Waals surface area contributed by atoms with E-state index in [1.807, 2.05) is 61.0 Å². The maximum atomic E-state index is 12.7. The Hall–Kier alpha value is -1.88. The number of amides is 2. The number of hydrogen-bond donors (Lipinski definition) is 1. The Bertz CT molecular complexity index is 528. The van der Waals surface area contributed by atoms with E-state index in [0.29, 0.717) is 19.1 Å². The summed E-state index contributed by atoms with van der Waals surface area (Å²) in [6, 6.07) is 10.0. The van der Waals surface area contributed by atoms with Crippen LogP contribution in [0.1, 0.15) is 32.3 Å². The number of carbonyl (C=O) groups excluding carboxylic acids is 2. The molecule has 1 aromatic carbocycles. The molecule has 5 heteroatoms. The summed E-state index contributed by atoms with van der Waals surface area (Å²) >= 11 is 0. The molecule has 0 spiro atoms. The van der Waals surface area contributed by atoms with Crippen LogP contribution in [0.25, 0.3) is 0 Å². The number of carbonyl (C=O) groups is 2. The van der Waals surface area contributed by atoms with Crippen LogP contribution in [0, 0.1) is 0 Å². The number of likely N-dealkylation sites (N-methyl/N-ethyl adjacent to an activating group) is 2. The number of nitrogens with one attached hydrogen (secondary N) is 1. The van der Waals surface area contributed by atoms with Crippen molar-refractivity contribution < 1.29 is 9.59 Å². The van der Waals surface area contributed by atoms with Gasteiger partial charge in [0.15, 0.2) is 0 Å². The summed E-state index contributed by atoms with van der Waals surface area (Å²) in [4.78, 5) is 28.2. The van der Waals surface area contributed by atoms with Crippen LogP contribution in [0.4, 0.5) is 0 Å². The van der Waals surface area contributed by atoms with Gasteiger partial charge in [-0.3, -0.25) is 14.5 Å². The van der Waals surface area contributed by atoms with Gasteiger partial charge < -0.3 is 10.2 Å². The predicted molar refractivity (Wildman–Crippen MR) is 90.8 cm³/mol. The second-order valence-electron chi connectivity index (χ2n) is 6.27. The molecule has 1 atom stereocenters. The minimum absolute atomic E-state index is 0.000702. The monoisotopic (exact) mass is 317 g/mol. The molecule has 2 amide bonds. The SMILES string of the molecule is CCN(Cc1ccccc1)C(=O)[C@H](C)N(C)CC(=O)NC1CC1. The zero-order valence-electron chi connectivity index (χ0n) is 14.3. The first-order valence-corrected chi connectivity index (χ1v) is 8.33. The van der Waals surface area contributed by atoms with E-state index < -0.39 is 0 Å². The van der Waals surface area contributed by atoms with Gasteiger partial charge in [-0.2, -0.15) is 0 Å². The highest BCUT2D eigenvalue weighted by Gasteiger charge is 2.27. The highest BCUT2D eigenvalue weighted by molar-refractivity contribution is 5.83. The number of hydrogen-bond acceptors (Lipinski definition) is 3. The Kier molecular flexibility index (Phi) is 6.16. The first-order chi connectivity index (χ1) is 11.0. The maximum Gasteiger partial charge on any atom is 0.239 e. The Balaban J connectivity index is 1.88. The quantitative estimate of drug-likeness (QED) is 0.793. The van der Waals surface area contributed by atoms with Crippen molar-refractivity contribution in [3.63, 3.8) is 0 Å². The van der Waals surface area contributed by atoms with Crippen LogP contribution in [0.3, 0.4) is 0 Å². The second kappa shape index (κ2) is 8.11. The van der Waals surface area contributed by atoms with Crippen LogP contribution < -0.4 is 5.32 Å². The van der Waals surface area contributed by atoms with Crippen LogP contribution in [0.2, 0.25) is 0 Å². The molecule has 1 N–H and O–H groups in total. The molecule has 23 heavy (non-hydrogen) atoms. The van der Waals surface area contributed by atoms with Crippen molar-refractivity contribution in [1.29, 1.82) is 0 Å². The lowest BCUT2D eigenvalue weighted by atomic mass is 10.2. The molecule has 0 unspecified atom stereocenters. The van der Waals surface area contributed by atoms with E-state index in [9.17, 15) is 9.59 Å². The van der Waals surface area contributed by atoms with Crippen molar-refractivity contribution in [3.8, 4) is 0 Å². The fourth-order valence-electron chi connectivity index (χ4n) is 2.47. The molecule has 1 aromatic rings. The van der Waals surface area contributed by atoms with E-state index in [1.54, 1.807) is 0 Å². The zero-order valence-corrected chi connectivity index (χ0v) is 14.3. The van der Waals surface area contributed by atoms with E-state index in [-0.39, 0.29) is 24.4 Å². The molecule has 1 fully saturated rings. The van der Waals surface area contributed by atoms with Gasteiger partial charge in [0.2, 0.25) is 11.8 Å². The van der Waals surface area contributed by atoms with Crippen molar-refractivity contribution in [1.82, 2.24) is 15.1 Å². The van der Waals surface area contributed by atoms with Crippen LogP contribution >= 0.6 is 0 Å². The standard InChI is InChI=1S/C18H27N3O2/c1-4-21(12-15-8-6-5-7-9-15)18(23)14(2)20(3)13-17(22)19-16-10-11-16/h5-9,14,16H,4,10-13H2,1-3H3,(H,19,22)/t14-/m0/s1. The molecule has 0 aliphatic heterocycles. The van der Waals surface area contributed by atoms with Gasteiger partial charge in [0.25, 0.3) is 0 Å². The van der Waals surface area contributed by atoms with Crippen LogP contribution in [-0.4, -0.2) is 53.8 Å². The number of rotatable bonds is 8. The maximum absolute atomic E-state index is 12.7. The van der Waals surface area contributed by atoms with Crippen molar-refractivity contribution in [2.75, 3.05) is 20.1 Å². The zero-order chi connectivity index (χ0) is 16.8. The van der Waals surface area contributed by atoms with Crippen molar-refractivity contribution in [2.45, 2.75) is 45.3 Å². The van der Waals surface area contributed by atoms with Gasteiger partial charge in [-0.1, -0.05) is 30.3 Å². The number of benzene rings is 1. The summed E-state index contributed by atoms with van der Waals surface area (Å²) in [7, 11) is 1.82. The third-order valence-corrected chi connectivity index (χ3v) is 4.26. The van der Waals surface area contributed by atoms with Gasteiger partial charge >= 0.3 is 0 Å². The molecule has 1 aliphatic rings. The normalized spacial score (nSPS) is 15.3. The Labute approximate surface area is 138 Å². The lowest BCUT2D eigenvalue weighted by Crippen LogP contribution is -2.48. The second-order valence-corrected chi connectivity index (χ2v) is 6.27. The average Bonchev–Trinajstić information content (AvgIpc) is 3.35. The van der Waals surface area contributed by atoms with Gasteiger partial charge in [0.05, 0.1) is 12.6 Å². The van der Waals surface area contributed by atoms with E-state index in [1.165, 1.54) is 0 Å². The minimum atomic E-state index is -0.316. The molecule has 0 bridgehead atoms. The summed E-state index contributed by atoms with van der Waals surface area (Å²) in [5, 5.41) is 2.96. The van der Waals surface area contributed by atoms with E-state index in [2.05, 4.69) is 5.32 Å². The van der Waals surface area contributed by atoms with E-state index in [0.717, 1.165) is 18.4 Å². The minimum Gasteiger partial charge on any atom is -0.352 e. The first kappa shape index (κ1) is 17.5. The van der Waals surface area contributed by atoms with Gasteiger partial charge in [-0.15, -0.1) is 0 Å². The molecule has 0 heterocycles. The summed E-state index contributed by atoms with van der Waals surface area (Å²) in [5.74, 6) is 0.0545. The summed E-state index contributed by atoms with van der Waals surface area (Å²) in [6.07, 6.45) is 2.15. The molecule has 2 rings (SSSR count). The lowest BCUT2D eigenvalue weighted by Gasteiger charge is -2.29. The molecule has 0 saturated heterocycles. The topological polar surface area (TPSA) is 52.7 Å². The van der Waals surface area contributed by atoms with Crippen LogP contribution in [-0.2, 0) is 16.1 Å². The number of nitrogens with zero attached hydrogens (tertiary/aromatic N) is 2. The summed E-state index contributed by atoms with van der Waals surface area (Å²) in [6.45, 7) is 5.35. The molecule has 5 nitrogen and oxygen atoms in total. The fraction of sp³-hybridized carbons (Fsp3) is 0.556. The third kappa shape index (κ3) is 5.36. The first-order valence-electron chi connectivity index (χ1n) is 8.33. The predicted octanol–water partition coefficient (Wildman–Crippen LogP) is 1.63. The van der Waals surface area contributed by atoms with Gasteiger partial charge in [-0.05, 0) is 39.3 Å². The molecule has 126 valence electrons. The fourth-order valence-corrected chi connectivity index (χ4v) is 2.47. The molecule has 1 saturated carbocycles. The summed E-state index contributed by atoms with van der Waals surface area (Å²) in [5.41, 5.74) is 1.11. The van der Waals surface area contributed by atoms with Gasteiger partial charge in [0, 0.05) is 19.1 Å². The smallest absolute Gasteiger partial charge is 0.239 e. The largest absolute Gasteiger partial charge is 0.352 e. The van der Waals surface area contributed by atoms with Crippen molar-refractivity contribution in [3.05, 3.63) is 35.9 Å². The van der Waals surface area contributed by atoms with E-state index >= 15 is 0 Å². The van der Waals surface area contributed by atoms with Crippen molar-refractivity contribution in [2.24, 2.45) is 0 Å². The highest BCUT2D eigenvalue weighted by atomic mass is 16.2. The van der Waals surface area contributed by atoms with Gasteiger partial charge in [0.1, 0.15) is 0 Å². The Morgan fingerprint density at radius 2 is 1.91 bits per heavy atom. The van der Waals surface area contributed by atoms with Gasteiger partial charge in [-0.25, -0.2) is 0 Å². The van der Waals surface area contributed by atoms with E-state index in [4.69, 9.17) is 0 Å². The highest BCUT2D eigenvalue weighted by Crippen LogP contribution is 2.18. The van der Waals surface area contributed by atoms with Crippen LogP contribution in [0.5, 0.6) is 0 Å². The Morgan fingerprint density at radius 1 is 1.26 bits per heavy atom. The molecular weight excluding hydrogens is 290 g/mol. The lowest BCUT2D eigenvalue weighted by molar-refractivity contribution is -0.137. The third-order valence-electron chi connectivity index (χ3n) is 4.26. The van der Waals surface area contributed by atoms with Crippen molar-refractivity contribution >= 4 is 11.8 Å². The molecular formula is C18H27N3O2. The molecule has 1 aliphatic carbocycles. The molecule has 0 radical (unpaired) electrons. The molecule has 0 aromatic heterocycles.